The highest BCUT2D eigenvalue weighted by molar-refractivity contribution is 5.66. The van der Waals surface area contributed by atoms with Crippen molar-refractivity contribution in [3.05, 3.63) is 0 Å². The van der Waals surface area contributed by atoms with Crippen LogP contribution < -0.4 is 0 Å². The van der Waals surface area contributed by atoms with E-state index in [0.717, 1.165) is 18.8 Å². The molecule has 0 bridgehead atoms. The highest BCUT2D eigenvalue weighted by Gasteiger charge is 2.08. The second-order valence-corrected chi connectivity index (χ2v) is 9.03. The first-order valence-electron chi connectivity index (χ1n) is 12.9. The Kier molecular flexibility index (Phi) is 22.3. The Balaban J connectivity index is 3.68. The van der Waals surface area contributed by atoms with E-state index >= 15 is 0 Å². The summed E-state index contributed by atoms with van der Waals surface area (Å²) >= 11 is 0. The fourth-order valence-corrected chi connectivity index (χ4v) is 4.28. The molecule has 1 atom stereocenters. The average molecular weight is 397 g/mol. The SMILES string of the molecule is CCCCCCCCC(CCCCCC)CCCCCCCCCCC(=O)O. The molecule has 0 aliphatic heterocycles. The first-order valence-corrected chi connectivity index (χ1v) is 12.9. The molecule has 1 N–H and O–H groups in total. The van der Waals surface area contributed by atoms with Gasteiger partial charge in [0.15, 0.2) is 0 Å². The smallest absolute Gasteiger partial charge is 0.303 e. The third-order valence-corrected chi connectivity index (χ3v) is 6.18. The summed E-state index contributed by atoms with van der Waals surface area (Å²) in [5, 5.41) is 8.64. The normalized spacial score (nSPS) is 12.4. The van der Waals surface area contributed by atoms with Crippen LogP contribution in [0.25, 0.3) is 0 Å². The third kappa shape index (κ3) is 21.8. The van der Waals surface area contributed by atoms with E-state index in [1.165, 1.54) is 122 Å². The fraction of sp³-hybridized carbons (Fsp3) is 0.962. The number of carboxylic acids is 1. The molecule has 0 aromatic heterocycles. The lowest BCUT2D eigenvalue weighted by atomic mass is 9.89. The summed E-state index contributed by atoms with van der Waals surface area (Å²) in [4.78, 5) is 10.5. The molecule has 0 amide bonds. The van der Waals surface area contributed by atoms with Gasteiger partial charge in [0.25, 0.3) is 0 Å². The second kappa shape index (κ2) is 22.8. The van der Waals surface area contributed by atoms with E-state index in [-0.39, 0.29) is 0 Å². The maximum Gasteiger partial charge on any atom is 0.303 e. The van der Waals surface area contributed by atoms with Crippen molar-refractivity contribution in [2.24, 2.45) is 5.92 Å². The zero-order valence-electron chi connectivity index (χ0n) is 19.5. The molecule has 0 aromatic rings. The van der Waals surface area contributed by atoms with E-state index in [9.17, 15) is 4.79 Å². The van der Waals surface area contributed by atoms with Gasteiger partial charge in [0.1, 0.15) is 0 Å². The largest absolute Gasteiger partial charge is 0.481 e. The Bertz CT molecular complexity index is 314. The molecule has 0 aliphatic carbocycles. The van der Waals surface area contributed by atoms with Crippen LogP contribution in [0, 0.1) is 5.92 Å². The highest BCUT2D eigenvalue weighted by atomic mass is 16.4. The van der Waals surface area contributed by atoms with Crippen LogP contribution in [-0.2, 0) is 4.79 Å². The molecule has 0 aliphatic rings. The predicted octanol–water partition coefficient (Wildman–Crippen LogP) is 9.31. The number of hydrogen-bond donors (Lipinski definition) is 1. The van der Waals surface area contributed by atoms with Crippen LogP contribution in [0.3, 0.4) is 0 Å². The van der Waals surface area contributed by atoms with Gasteiger partial charge in [-0.25, -0.2) is 0 Å². The minimum atomic E-state index is -0.648. The summed E-state index contributed by atoms with van der Waals surface area (Å²) < 4.78 is 0. The number of rotatable bonds is 23. The minimum absolute atomic E-state index is 0.345. The van der Waals surface area contributed by atoms with Crippen LogP contribution in [0.1, 0.15) is 155 Å². The maximum absolute atomic E-state index is 10.5. The molecule has 28 heavy (non-hydrogen) atoms. The molecular formula is C26H52O2. The van der Waals surface area contributed by atoms with Crippen molar-refractivity contribution in [1.82, 2.24) is 0 Å². The summed E-state index contributed by atoms with van der Waals surface area (Å²) in [7, 11) is 0. The fourth-order valence-electron chi connectivity index (χ4n) is 4.28. The van der Waals surface area contributed by atoms with Gasteiger partial charge in [0.2, 0.25) is 0 Å². The topological polar surface area (TPSA) is 37.3 Å². The molecule has 0 spiro atoms. The zero-order chi connectivity index (χ0) is 20.7. The van der Waals surface area contributed by atoms with Crippen molar-refractivity contribution in [2.45, 2.75) is 155 Å². The Morgan fingerprint density at radius 2 is 0.857 bits per heavy atom. The van der Waals surface area contributed by atoms with Gasteiger partial charge >= 0.3 is 5.97 Å². The van der Waals surface area contributed by atoms with Crippen LogP contribution in [-0.4, -0.2) is 11.1 Å². The van der Waals surface area contributed by atoms with Crippen LogP contribution in [0.5, 0.6) is 0 Å². The molecule has 0 heterocycles. The summed E-state index contributed by atoms with van der Waals surface area (Å²) in [6.07, 6.45) is 28.9. The Morgan fingerprint density at radius 1 is 0.536 bits per heavy atom. The number of aliphatic carboxylic acids is 1. The lowest BCUT2D eigenvalue weighted by Gasteiger charge is -2.17. The molecule has 0 saturated heterocycles. The van der Waals surface area contributed by atoms with Gasteiger partial charge in [0.05, 0.1) is 0 Å². The summed E-state index contributed by atoms with van der Waals surface area (Å²) in [6, 6.07) is 0. The number of carboxylic acid groups (broad SMARTS) is 1. The number of unbranched alkanes of at least 4 members (excludes halogenated alkanes) is 15. The van der Waals surface area contributed by atoms with Crippen LogP contribution in [0.15, 0.2) is 0 Å². The standard InChI is InChI=1S/C26H52O2/c1-3-5-7-9-14-18-22-25(21-17-8-6-4-2)23-19-15-12-10-11-13-16-20-24-26(27)28/h25H,3-24H2,1-2H3,(H,27,28). The molecule has 168 valence electrons. The molecule has 0 aromatic carbocycles. The van der Waals surface area contributed by atoms with Crippen molar-refractivity contribution < 1.29 is 9.90 Å². The lowest BCUT2D eigenvalue weighted by molar-refractivity contribution is -0.137. The molecule has 0 saturated carbocycles. The predicted molar refractivity (Wildman–Crippen MR) is 124 cm³/mol. The summed E-state index contributed by atoms with van der Waals surface area (Å²) in [5.41, 5.74) is 0. The maximum atomic E-state index is 10.5. The van der Waals surface area contributed by atoms with Crippen LogP contribution >= 0.6 is 0 Å². The molecule has 0 radical (unpaired) electrons. The van der Waals surface area contributed by atoms with Gasteiger partial charge in [-0.1, -0.05) is 142 Å². The third-order valence-electron chi connectivity index (χ3n) is 6.18. The van der Waals surface area contributed by atoms with E-state index in [4.69, 9.17) is 5.11 Å². The van der Waals surface area contributed by atoms with Gasteiger partial charge in [-0.3, -0.25) is 4.79 Å². The van der Waals surface area contributed by atoms with Crippen molar-refractivity contribution in [3.63, 3.8) is 0 Å². The Labute approximate surface area is 177 Å². The summed E-state index contributed by atoms with van der Waals surface area (Å²) in [6.45, 7) is 4.60. The number of hydrogen-bond acceptors (Lipinski definition) is 1. The van der Waals surface area contributed by atoms with Crippen molar-refractivity contribution >= 4 is 5.97 Å². The zero-order valence-corrected chi connectivity index (χ0v) is 19.5. The molecule has 2 heteroatoms. The van der Waals surface area contributed by atoms with Gasteiger partial charge in [-0.05, 0) is 12.3 Å². The Hall–Kier alpha value is -0.530. The highest BCUT2D eigenvalue weighted by Crippen LogP contribution is 2.24. The van der Waals surface area contributed by atoms with Gasteiger partial charge in [-0.2, -0.15) is 0 Å². The van der Waals surface area contributed by atoms with E-state index < -0.39 is 5.97 Å². The van der Waals surface area contributed by atoms with Crippen molar-refractivity contribution in [3.8, 4) is 0 Å². The van der Waals surface area contributed by atoms with E-state index in [1.807, 2.05) is 0 Å². The molecule has 0 fully saturated rings. The van der Waals surface area contributed by atoms with Gasteiger partial charge in [0, 0.05) is 6.42 Å². The van der Waals surface area contributed by atoms with Gasteiger partial charge < -0.3 is 5.11 Å². The quantitative estimate of drug-likeness (QED) is 0.175. The first kappa shape index (κ1) is 27.5. The lowest BCUT2D eigenvalue weighted by Crippen LogP contribution is -2.01. The molecule has 0 rings (SSSR count). The molecule has 1 unspecified atom stereocenters. The monoisotopic (exact) mass is 396 g/mol. The van der Waals surface area contributed by atoms with Crippen molar-refractivity contribution in [1.29, 1.82) is 0 Å². The first-order chi connectivity index (χ1) is 13.7. The molecular weight excluding hydrogens is 344 g/mol. The van der Waals surface area contributed by atoms with Crippen LogP contribution in [0.2, 0.25) is 0 Å². The van der Waals surface area contributed by atoms with E-state index in [1.54, 1.807) is 0 Å². The minimum Gasteiger partial charge on any atom is -0.481 e. The van der Waals surface area contributed by atoms with E-state index in [2.05, 4.69) is 13.8 Å². The van der Waals surface area contributed by atoms with Gasteiger partial charge in [-0.15, -0.1) is 0 Å². The van der Waals surface area contributed by atoms with Crippen molar-refractivity contribution in [2.75, 3.05) is 0 Å². The second-order valence-electron chi connectivity index (χ2n) is 9.03. The molecule has 2 nitrogen and oxygen atoms in total. The number of carbonyl (C=O) groups is 1. The van der Waals surface area contributed by atoms with E-state index in [0.29, 0.717) is 6.42 Å². The average Bonchev–Trinajstić information content (AvgIpc) is 2.68. The van der Waals surface area contributed by atoms with Crippen LogP contribution in [0.4, 0.5) is 0 Å². The summed E-state index contributed by atoms with van der Waals surface area (Å²) in [5.74, 6) is 0.337. The Morgan fingerprint density at radius 3 is 1.25 bits per heavy atom.